The van der Waals surface area contributed by atoms with E-state index in [-0.39, 0.29) is 5.25 Å². The number of para-hydroxylation sites is 1. The van der Waals surface area contributed by atoms with Crippen molar-refractivity contribution in [1.82, 2.24) is 4.98 Å². The minimum Gasteiger partial charge on any atom is -0.241 e. The van der Waals surface area contributed by atoms with E-state index in [1.165, 1.54) is 16.5 Å². The van der Waals surface area contributed by atoms with Crippen LogP contribution in [0.4, 0.5) is 0 Å². The van der Waals surface area contributed by atoms with Crippen LogP contribution in [-0.2, 0) is 0 Å². The quantitative estimate of drug-likeness (QED) is 0.519. The number of aromatic nitrogens is 1. The predicted octanol–water partition coefficient (Wildman–Crippen LogP) is 6.36. The Hall–Kier alpha value is -1.51. The van der Waals surface area contributed by atoms with Crippen LogP contribution in [0.5, 0.6) is 0 Å². The lowest BCUT2D eigenvalue weighted by Crippen LogP contribution is -1.93. The molecule has 0 fully saturated rings. The number of thioether (sulfide) groups is 1. The molecule has 0 aliphatic carbocycles. The molecule has 0 N–H and O–H groups in total. The predicted molar refractivity (Wildman–Crippen MR) is 96.9 cm³/mol. The summed E-state index contributed by atoms with van der Waals surface area (Å²) in [4.78, 5) is 4.85. The van der Waals surface area contributed by atoms with Crippen LogP contribution in [0.2, 0.25) is 5.02 Å². The van der Waals surface area contributed by atoms with Gasteiger partial charge in [0.15, 0.2) is 0 Å². The molecule has 2 aromatic carbocycles. The van der Waals surface area contributed by atoms with E-state index >= 15 is 0 Å². The summed E-state index contributed by atoms with van der Waals surface area (Å²) in [5.74, 6) is 0. The number of nitrogens with zero attached hydrogens (tertiary/aromatic N) is 1. The molecule has 0 unspecified atom stereocenters. The number of aryl methyl sites for hydroxylation is 2. The van der Waals surface area contributed by atoms with Crippen LogP contribution in [0, 0.1) is 13.8 Å². The molecule has 0 saturated carbocycles. The van der Waals surface area contributed by atoms with Crippen LogP contribution in [0.3, 0.4) is 0 Å². The summed E-state index contributed by atoms with van der Waals surface area (Å²) >= 11 is 8.06. The van der Waals surface area contributed by atoms with Gasteiger partial charge in [-0.15, -0.1) is 0 Å². The van der Waals surface area contributed by atoms with Crippen LogP contribution in [0.15, 0.2) is 53.6 Å². The molecule has 0 bridgehead atoms. The first-order valence-corrected chi connectivity index (χ1v) is 8.60. The molecule has 3 heteroatoms. The molecule has 1 nitrogen and oxygen atoms in total. The second-order valence-electron chi connectivity index (χ2n) is 5.53. The fourth-order valence-electron chi connectivity index (χ4n) is 2.64. The zero-order chi connectivity index (χ0) is 15.7. The van der Waals surface area contributed by atoms with E-state index in [0.29, 0.717) is 0 Å². The molecule has 3 aromatic rings. The van der Waals surface area contributed by atoms with Gasteiger partial charge >= 0.3 is 0 Å². The van der Waals surface area contributed by atoms with Crippen molar-refractivity contribution >= 4 is 34.3 Å². The normalized spacial score (nSPS) is 12.5. The minimum atomic E-state index is 0.266. The van der Waals surface area contributed by atoms with Crippen molar-refractivity contribution in [2.45, 2.75) is 31.0 Å². The third kappa shape index (κ3) is 2.99. The van der Waals surface area contributed by atoms with Crippen molar-refractivity contribution in [3.8, 4) is 0 Å². The summed E-state index contributed by atoms with van der Waals surface area (Å²) in [6, 6.07) is 16.5. The lowest BCUT2D eigenvalue weighted by molar-refractivity contribution is 1.07. The zero-order valence-electron chi connectivity index (χ0n) is 12.9. The van der Waals surface area contributed by atoms with Crippen LogP contribution in [-0.4, -0.2) is 4.98 Å². The van der Waals surface area contributed by atoms with Gasteiger partial charge in [0.25, 0.3) is 0 Å². The van der Waals surface area contributed by atoms with Gasteiger partial charge < -0.3 is 0 Å². The summed E-state index contributed by atoms with van der Waals surface area (Å²) in [6.07, 6.45) is 0. The number of hydrogen-bond donors (Lipinski definition) is 0. The molecule has 1 aromatic heterocycles. The van der Waals surface area contributed by atoms with E-state index in [9.17, 15) is 0 Å². The highest BCUT2D eigenvalue weighted by atomic mass is 35.5. The molecule has 0 amide bonds. The third-order valence-corrected chi connectivity index (χ3v) is 5.27. The summed E-state index contributed by atoms with van der Waals surface area (Å²) in [5.41, 5.74) is 4.73. The number of benzene rings is 2. The van der Waals surface area contributed by atoms with Gasteiger partial charge in [0.2, 0.25) is 0 Å². The van der Waals surface area contributed by atoms with Gasteiger partial charge in [0.05, 0.1) is 10.5 Å². The van der Waals surface area contributed by atoms with Crippen molar-refractivity contribution in [2.75, 3.05) is 0 Å². The molecule has 0 spiro atoms. The molecule has 1 atom stereocenters. The van der Waals surface area contributed by atoms with Crippen molar-refractivity contribution in [3.63, 3.8) is 0 Å². The highest BCUT2D eigenvalue weighted by Crippen LogP contribution is 2.38. The van der Waals surface area contributed by atoms with E-state index in [2.05, 4.69) is 51.1 Å². The monoisotopic (exact) mass is 327 g/mol. The van der Waals surface area contributed by atoms with E-state index in [0.717, 1.165) is 21.1 Å². The molecule has 0 aliphatic heterocycles. The van der Waals surface area contributed by atoms with Gasteiger partial charge in [-0.2, -0.15) is 0 Å². The molecular weight excluding hydrogens is 310 g/mol. The number of hydrogen-bond acceptors (Lipinski definition) is 2. The van der Waals surface area contributed by atoms with E-state index < -0.39 is 0 Å². The molecular formula is C19H18ClNS. The Bertz CT molecular complexity index is 829. The van der Waals surface area contributed by atoms with Gasteiger partial charge in [-0.3, -0.25) is 0 Å². The Labute approximate surface area is 140 Å². The Morgan fingerprint density at radius 2 is 1.77 bits per heavy atom. The molecule has 22 heavy (non-hydrogen) atoms. The topological polar surface area (TPSA) is 12.9 Å². The van der Waals surface area contributed by atoms with Gasteiger partial charge in [-0.25, -0.2) is 4.98 Å². The number of fused-ring (bicyclic) bond motifs is 1. The number of rotatable bonds is 3. The lowest BCUT2D eigenvalue weighted by Gasteiger charge is -2.14. The van der Waals surface area contributed by atoms with Crippen LogP contribution >= 0.6 is 23.4 Å². The van der Waals surface area contributed by atoms with E-state index in [4.69, 9.17) is 16.6 Å². The minimum absolute atomic E-state index is 0.266. The second kappa shape index (κ2) is 6.31. The first-order valence-electron chi connectivity index (χ1n) is 7.34. The summed E-state index contributed by atoms with van der Waals surface area (Å²) < 4.78 is 0. The highest BCUT2D eigenvalue weighted by molar-refractivity contribution is 7.99. The number of halogens is 1. The van der Waals surface area contributed by atoms with E-state index in [1.807, 2.05) is 18.2 Å². The summed E-state index contributed by atoms with van der Waals surface area (Å²) in [7, 11) is 0. The molecule has 112 valence electrons. The van der Waals surface area contributed by atoms with E-state index in [1.54, 1.807) is 11.8 Å². The number of pyridine rings is 1. The molecule has 0 saturated heterocycles. The SMILES string of the molecule is Cc1cc(S[C@@H](C)c2ccccc2Cl)nc2c(C)cccc12. The van der Waals surface area contributed by atoms with Gasteiger partial charge in [0.1, 0.15) is 0 Å². The third-order valence-electron chi connectivity index (χ3n) is 3.87. The van der Waals surface area contributed by atoms with Gasteiger partial charge in [-0.05, 0) is 49.6 Å². The van der Waals surface area contributed by atoms with Gasteiger partial charge in [-0.1, -0.05) is 59.8 Å². The standard InChI is InChI=1S/C19H18ClNS/c1-12-7-6-9-15-13(2)11-18(21-19(12)15)22-14(3)16-8-4-5-10-17(16)20/h4-11,14H,1-3H3/t14-/m0/s1. The molecule has 1 heterocycles. The smallest absolute Gasteiger partial charge is 0.0976 e. The van der Waals surface area contributed by atoms with Crippen molar-refractivity contribution in [1.29, 1.82) is 0 Å². The molecule has 3 rings (SSSR count). The van der Waals surface area contributed by atoms with Crippen molar-refractivity contribution in [2.24, 2.45) is 0 Å². The Kier molecular flexibility index (Phi) is 4.42. The second-order valence-corrected chi connectivity index (χ2v) is 7.30. The Balaban J connectivity index is 1.98. The maximum Gasteiger partial charge on any atom is 0.0976 e. The Morgan fingerprint density at radius 3 is 2.55 bits per heavy atom. The lowest BCUT2D eigenvalue weighted by atomic mass is 10.1. The summed E-state index contributed by atoms with van der Waals surface area (Å²) in [5, 5.41) is 3.36. The maximum atomic E-state index is 6.30. The fraction of sp³-hybridized carbons (Fsp3) is 0.211. The maximum absolute atomic E-state index is 6.30. The molecule has 0 aliphatic rings. The van der Waals surface area contributed by atoms with Gasteiger partial charge in [0, 0.05) is 15.7 Å². The van der Waals surface area contributed by atoms with Crippen LogP contribution in [0.1, 0.15) is 28.9 Å². The first kappa shape index (κ1) is 15.4. The molecule has 0 radical (unpaired) electrons. The van der Waals surface area contributed by atoms with Crippen LogP contribution < -0.4 is 0 Å². The first-order chi connectivity index (χ1) is 10.6. The average molecular weight is 328 g/mol. The van der Waals surface area contributed by atoms with Crippen molar-refractivity contribution < 1.29 is 0 Å². The zero-order valence-corrected chi connectivity index (χ0v) is 14.5. The fourth-order valence-corrected chi connectivity index (χ4v) is 4.09. The highest BCUT2D eigenvalue weighted by Gasteiger charge is 2.13. The van der Waals surface area contributed by atoms with Crippen LogP contribution in [0.25, 0.3) is 10.9 Å². The largest absolute Gasteiger partial charge is 0.241 e. The summed E-state index contributed by atoms with van der Waals surface area (Å²) in [6.45, 7) is 6.43. The average Bonchev–Trinajstić information content (AvgIpc) is 2.49. The van der Waals surface area contributed by atoms with Crippen molar-refractivity contribution in [3.05, 3.63) is 70.2 Å². The Morgan fingerprint density at radius 1 is 1.00 bits per heavy atom.